The molecule has 2 aromatic rings. The zero-order chi connectivity index (χ0) is 42.2. The van der Waals surface area contributed by atoms with Crippen molar-refractivity contribution in [3.63, 3.8) is 0 Å². The van der Waals surface area contributed by atoms with E-state index in [9.17, 15) is 24.3 Å². The molecule has 1 unspecified atom stereocenters. The van der Waals surface area contributed by atoms with Crippen LogP contribution < -0.4 is 0 Å². The predicted octanol–water partition coefficient (Wildman–Crippen LogP) is 4.51. The van der Waals surface area contributed by atoms with Gasteiger partial charge in [-0.1, -0.05) is 27.7 Å². The number of esters is 1. The third-order valence-corrected chi connectivity index (χ3v) is 12.6. The Morgan fingerprint density at radius 1 is 1.04 bits per heavy atom. The number of aromatic nitrogens is 3. The number of aliphatic hydroxyl groups is 1. The highest BCUT2D eigenvalue weighted by molar-refractivity contribution is 6.08. The first-order valence-electron chi connectivity index (χ1n) is 20.2. The van der Waals surface area contributed by atoms with Crippen molar-refractivity contribution >= 4 is 34.8 Å². The first kappa shape index (κ1) is 44.5. The number of fused-ring (bicyclic) bond motifs is 2. The molecule has 57 heavy (non-hydrogen) atoms. The molecular formula is C41H62FN5O10. The van der Waals surface area contributed by atoms with E-state index in [0.717, 1.165) is 18.1 Å². The minimum atomic E-state index is -3.17. The summed E-state index contributed by atoms with van der Waals surface area (Å²) in [6.45, 7) is 13.3. The molecule has 2 aromatic heterocycles. The summed E-state index contributed by atoms with van der Waals surface area (Å²) >= 11 is 0. The van der Waals surface area contributed by atoms with E-state index in [1.165, 1.54) is 18.9 Å². The number of nitrogens with zero attached hydrogens (tertiary/aromatic N) is 5. The Labute approximate surface area is 334 Å². The number of amides is 1. The van der Waals surface area contributed by atoms with E-state index >= 15 is 4.39 Å². The van der Waals surface area contributed by atoms with E-state index in [1.54, 1.807) is 47.1 Å². The number of alkyl halides is 1. The van der Waals surface area contributed by atoms with Crippen LogP contribution in [-0.2, 0) is 44.6 Å². The Morgan fingerprint density at radius 2 is 1.72 bits per heavy atom. The molecular weight excluding hydrogens is 741 g/mol. The van der Waals surface area contributed by atoms with Gasteiger partial charge in [-0.05, 0) is 86.0 Å². The van der Waals surface area contributed by atoms with Crippen LogP contribution in [0.1, 0.15) is 87.5 Å². The van der Waals surface area contributed by atoms with E-state index in [1.807, 2.05) is 42.6 Å². The van der Waals surface area contributed by atoms with Gasteiger partial charge in [0.1, 0.15) is 23.5 Å². The maximum Gasteiger partial charge on any atom is 0.410 e. The molecule has 0 bridgehead atoms. The first-order chi connectivity index (χ1) is 26.7. The lowest BCUT2D eigenvalue weighted by Crippen LogP contribution is -2.61. The number of pyridine rings is 1. The number of ether oxygens (including phenoxy) is 5. The minimum absolute atomic E-state index is 0.000224. The van der Waals surface area contributed by atoms with Crippen LogP contribution in [0.4, 0.5) is 9.18 Å². The average molecular weight is 804 g/mol. The van der Waals surface area contributed by atoms with Gasteiger partial charge in [-0.15, -0.1) is 0 Å². The molecule has 0 aromatic carbocycles. The summed E-state index contributed by atoms with van der Waals surface area (Å²) in [5, 5.41) is 11.4. The molecule has 1 amide bonds. The zero-order valence-corrected chi connectivity index (χ0v) is 35.3. The van der Waals surface area contributed by atoms with Crippen LogP contribution in [0.3, 0.4) is 0 Å². The molecule has 3 aliphatic heterocycles. The van der Waals surface area contributed by atoms with Crippen molar-refractivity contribution in [3.05, 3.63) is 24.7 Å². The molecule has 0 saturated carbocycles. The predicted molar refractivity (Wildman–Crippen MR) is 207 cm³/mol. The van der Waals surface area contributed by atoms with Crippen LogP contribution in [0, 0.1) is 17.8 Å². The summed E-state index contributed by atoms with van der Waals surface area (Å²) in [6.07, 6.45) is -0.768. The third kappa shape index (κ3) is 8.61. The molecule has 16 heteroatoms. The number of Topliss-reactive ketones (excluding diaryl/α,β-unsaturated/α-hetero) is 2. The lowest BCUT2D eigenvalue weighted by Gasteiger charge is -2.47. The number of halogens is 1. The molecule has 3 saturated heterocycles. The van der Waals surface area contributed by atoms with Gasteiger partial charge >= 0.3 is 12.1 Å². The number of cyclic esters (lactones) is 1. The number of carbonyl (C=O) groups excluding carboxylic acids is 4. The molecule has 318 valence electrons. The summed E-state index contributed by atoms with van der Waals surface area (Å²) in [5.74, 6) is -5.78. The number of imidazole rings is 1. The highest BCUT2D eigenvalue weighted by Gasteiger charge is 2.61. The average Bonchev–Trinajstić information content (AvgIpc) is 3.70. The molecule has 3 fully saturated rings. The van der Waals surface area contributed by atoms with E-state index < -0.39 is 83.1 Å². The second kappa shape index (κ2) is 17.3. The number of carbonyl (C=O) groups is 4. The number of likely N-dealkylation sites (N-methyl/N-ethyl adjacent to an activating group) is 1. The number of hydrogen-bond acceptors (Lipinski definition) is 13. The fourth-order valence-electron chi connectivity index (χ4n) is 9.34. The van der Waals surface area contributed by atoms with Crippen LogP contribution in [-0.4, -0.2) is 140 Å². The number of aliphatic hydroxyl groups excluding tert-OH is 1. The maximum atomic E-state index is 16.9. The number of ketones is 2. The number of aryl methyl sites for hydroxylation is 1. The largest absolute Gasteiger partial charge is 0.455 e. The molecule has 3 aliphatic rings. The van der Waals surface area contributed by atoms with E-state index in [0.29, 0.717) is 25.8 Å². The normalized spacial score (nSPS) is 38.6. The highest BCUT2D eigenvalue weighted by atomic mass is 19.1. The summed E-state index contributed by atoms with van der Waals surface area (Å²) in [4.78, 5) is 68.8. The fourth-order valence-corrected chi connectivity index (χ4v) is 9.34. The van der Waals surface area contributed by atoms with Gasteiger partial charge in [0.05, 0.1) is 30.2 Å². The van der Waals surface area contributed by atoms with Crippen molar-refractivity contribution in [3.8, 4) is 0 Å². The maximum absolute atomic E-state index is 16.9. The van der Waals surface area contributed by atoms with Crippen LogP contribution in [0.2, 0.25) is 0 Å². The van der Waals surface area contributed by atoms with Gasteiger partial charge in [-0.25, -0.2) is 23.9 Å². The van der Waals surface area contributed by atoms with Gasteiger partial charge in [0.2, 0.25) is 0 Å². The van der Waals surface area contributed by atoms with Gasteiger partial charge in [-0.3, -0.25) is 9.59 Å². The van der Waals surface area contributed by atoms with Crippen LogP contribution >= 0.6 is 0 Å². The summed E-state index contributed by atoms with van der Waals surface area (Å²) in [7, 11) is 5.05. The Kier molecular flexibility index (Phi) is 13.5. The molecule has 5 heterocycles. The molecule has 13 atom stereocenters. The zero-order valence-electron chi connectivity index (χ0n) is 35.3. The number of methoxy groups -OCH3 is 1. The Bertz CT molecular complexity index is 1770. The Balaban J connectivity index is 1.49. The van der Waals surface area contributed by atoms with Gasteiger partial charge in [0, 0.05) is 50.2 Å². The Hall–Kier alpha value is -3.57. The SMILES string of the molecule is CC[C@H]1OC(=O)C(C)(F)C(=O)[C@H](C)[C@@H](O[C@@H]2O[C@H](C)C[C@H](N(C)C)[C@H]2O)[C@](C)(OC)C[C@@H](C)C(=O)[C@@H](C)[C@@H]2N(CCCCn3cnc4cccnc43)C(=O)O[C@@]21C. The van der Waals surface area contributed by atoms with Crippen molar-refractivity contribution in [2.45, 2.75) is 154 Å². The molecule has 1 N–H and O–H groups in total. The topological polar surface area (TPSA) is 172 Å². The van der Waals surface area contributed by atoms with Gasteiger partial charge in [0.15, 0.2) is 23.3 Å². The van der Waals surface area contributed by atoms with Crippen LogP contribution in [0.5, 0.6) is 0 Å². The van der Waals surface area contributed by atoms with Crippen LogP contribution in [0.15, 0.2) is 24.7 Å². The standard InChI is InChI=1S/C41H62FN5O10/c1-12-29-41(8)32(47(38(52)57-41)19-14-13-18-46-22-44-27-16-15-17-43-35(27)46)25(4)30(48)23(2)21-39(6,53-11)34(26(5)33(50)40(7,42)37(51)55-29)56-36-31(49)28(45(9)10)20-24(3)54-36/h15-17,22-26,28-29,31-32,34,36,49H,12-14,18-21H2,1-11H3/t23-,24-,25-,26+,28+,29-,31-,32+,34-,36+,39-,40?,41-/m1/s1. The summed E-state index contributed by atoms with van der Waals surface area (Å²) < 4.78 is 49.3. The monoisotopic (exact) mass is 803 g/mol. The van der Waals surface area contributed by atoms with E-state index in [2.05, 4.69) is 9.97 Å². The fraction of sp³-hybridized carbons (Fsp3) is 0.756. The molecule has 15 nitrogen and oxygen atoms in total. The van der Waals surface area contributed by atoms with Crippen LogP contribution in [0.25, 0.3) is 11.2 Å². The summed E-state index contributed by atoms with van der Waals surface area (Å²) in [6, 6.07) is 2.42. The van der Waals surface area contributed by atoms with Gasteiger partial charge < -0.3 is 43.2 Å². The number of unbranched alkanes of at least 4 members (excludes halogenated alkanes) is 1. The lowest BCUT2D eigenvalue weighted by molar-refractivity contribution is -0.295. The van der Waals surface area contributed by atoms with Crippen molar-refractivity contribution < 1.29 is 52.4 Å². The highest BCUT2D eigenvalue weighted by Crippen LogP contribution is 2.43. The minimum Gasteiger partial charge on any atom is -0.455 e. The number of hydrogen-bond donors (Lipinski definition) is 1. The molecule has 0 radical (unpaired) electrons. The van der Waals surface area contributed by atoms with E-state index in [4.69, 9.17) is 23.7 Å². The number of rotatable bonds is 10. The smallest absolute Gasteiger partial charge is 0.410 e. The second-order valence-electron chi connectivity index (χ2n) is 17.1. The van der Waals surface area contributed by atoms with Crippen molar-refractivity contribution in [1.82, 2.24) is 24.3 Å². The van der Waals surface area contributed by atoms with Crippen molar-refractivity contribution in [2.75, 3.05) is 27.7 Å². The molecule has 0 spiro atoms. The summed E-state index contributed by atoms with van der Waals surface area (Å²) in [5.41, 5.74) is -4.69. The third-order valence-electron chi connectivity index (χ3n) is 12.6. The Morgan fingerprint density at radius 3 is 2.37 bits per heavy atom. The second-order valence-corrected chi connectivity index (χ2v) is 17.1. The van der Waals surface area contributed by atoms with E-state index in [-0.39, 0.29) is 37.3 Å². The van der Waals surface area contributed by atoms with Crippen molar-refractivity contribution in [1.29, 1.82) is 0 Å². The molecule has 0 aliphatic carbocycles. The molecule has 5 rings (SSSR count). The lowest BCUT2D eigenvalue weighted by atomic mass is 9.73. The first-order valence-corrected chi connectivity index (χ1v) is 20.2. The van der Waals surface area contributed by atoms with Crippen molar-refractivity contribution in [2.24, 2.45) is 17.8 Å². The van der Waals surface area contributed by atoms with Gasteiger partial charge in [-0.2, -0.15) is 0 Å². The van der Waals surface area contributed by atoms with Gasteiger partial charge in [0.25, 0.3) is 5.67 Å². The quantitative estimate of drug-likeness (QED) is 0.202.